The average Bonchev–Trinajstić information content (AvgIpc) is 2.05. The highest BCUT2D eigenvalue weighted by Crippen LogP contribution is 1.98. The lowest BCUT2D eigenvalue weighted by atomic mass is 10.2. The zero-order valence-electron chi connectivity index (χ0n) is 6.83. The molecule has 11 heavy (non-hydrogen) atoms. The number of carbonyl (C=O) groups is 1. The van der Waals surface area contributed by atoms with Crippen LogP contribution in [0.25, 0.3) is 0 Å². The van der Waals surface area contributed by atoms with Crippen LogP contribution in [0.3, 0.4) is 0 Å². The third-order valence-electron chi connectivity index (χ3n) is 1.31. The van der Waals surface area contributed by atoms with Crippen molar-refractivity contribution in [2.24, 2.45) is 5.16 Å². The van der Waals surface area contributed by atoms with Crippen LogP contribution in [0.2, 0.25) is 0 Å². The van der Waals surface area contributed by atoms with Crippen LogP contribution in [0.5, 0.6) is 0 Å². The second-order valence-corrected chi connectivity index (χ2v) is 2.14. The van der Waals surface area contributed by atoms with Gasteiger partial charge in [-0.1, -0.05) is 18.5 Å². The zero-order chi connectivity index (χ0) is 8.69. The van der Waals surface area contributed by atoms with Crippen LogP contribution in [0.15, 0.2) is 5.16 Å². The predicted octanol–water partition coefficient (Wildman–Crippen LogP) is 1.18. The standard InChI is InChI=1S/C7H13NO3/c1-3-4-5-6(8-10)7(9)11-2/h10H,3-5H2,1-2H3/b8-6+. The van der Waals surface area contributed by atoms with Crippen molar-refractivity contribution in [1.29, 1.82) is 0 Å². The van der Waals surface area contributed by atoms with E-state index in [0.29, 0.717) is 6.42 Å². The highest BCUT2D eigenvalue weighted by molar-refractivity contribution is 6.36. The molecule has 0 amide bonds. The van der Waals surface area contributed by atoms with Crippen LogP contribution in [0.1, 0.15) is 26.2 Å². The fraction of sp³-hybridized carbons (Fsp3) is 0.714. The molecule has 64 valence electrons. The van der Waals surface area contributed by atoms with E-state index in [1.807, 2.05) is 6.92 Å². The maximum absolute atomic E-state index is 10.7. The Balaban J connectivity index is 3.87. The van der Waals surface area contributed by atoms with Crippen LogP contribution in [-0.4, -0.2) is 24.0 Å². The monoisotopic (exact) mass is 159 g/mol. The summed E-state index contributed by atoms with van der Waals surface area (Å²) in [7, 11) is 1.26. The molecular weight excluding hydrogens is 146 g/mol. The maximum atomic E-state index is 10.7. The molecule has 0 atom stereocenters. The van der Waals surface area contributed by atoms with Gasteiger partial charge in [0.25, 0.3) is 0 Å². The van der Waals surface area contributed by atoms with Gasteiger partial charge in [0.2, 0.25) is 0 Å². The van der Waals surface area contributed by atoms with Gasteiger partial charge in [0.1, 0.15) is 0 Å². The summed E-state index contributed by atoms with van der Waals surface area (Å²) in [4.78, 5) is 10.7. The minimum atomic E-state index is -0.555. The Kier molecular flexibility index (Phi) is 5.15. The summed E-state index contributed by atoms with van der Waals surface area (Å²) in [6.45, 7) is 1.99. The lowest BCUT2D eigenvalue weighted by molar-refractivity contribution is -0.133. The van der Waals surface area contributed by atoms with Crippen molar-refractivity contribution in [3.63, 3.8) is 0 Å². The van der Waals surface area contributed by atoms with E-state index in [0.717, 1.165) is 12.8 Å². The predicted molar refractivity (Wildman–Crippen MR) is 40.8 cm³/mol. The number of hydrogen-bond donors (Lipinski definition) is 1. The molecule has 0 spiro atoms. The first kappa shape index (κ1) is 9.94. The summed E-state index contributed by atoms with van der Waals surface area (Å²) < 4.78 is 4.37. The molecule has 4 heteroatoms. The summed E-state index contributed by atoms with van der Waals surface area (Å²) in [5, 5.41) is 11.2. The lowest BCUT2D eigenvalue weighted by Gasteiger charge is -1.99. The average molecular weight is 159 g/mol. The molecule has 0 heterocycles. The van der Waals surface area contributed by atoms with Gasteiger partial charge in [-0.15, -0.1) is 0 Å². The van der Waals surface area contributed by atoms with Crippen molar-refractivity contribution in [1.82, 2.24) is 0 Å². The molecule has 1 N–H and O–H groups in total. The largest absolute Gasteiger partial charge is 0.464 e. The van der Waals surface area contributed by atoms with Gasteiger partial charge in [0.05, 0.1) is 7.11 Å². The quantitative estimate of drug-likeness (QED) is 0.290. The van der Waals surface area contributed by atoms with E-state index >= 15 is 0 Å². The van der Waals surface area contributed by atoms with Gasteiger partial charge in [-0.05, 0) is 6.42 Å². The van der Waals surface area contributed by atoms with Crippen LogP contribution in [-0.2, 0) is 9.53 Å². The molecule has 0 radical (unpaired) electrons. The molecule has 0 aromatic heterocycles. The van der Waals surface area contributed by atoms with Gasteiger partial charge >= 0.3 is 5.97 Å². The fourth-order valence-corrected chi connectivity index (χ4v) is 0.655. The summed E-state index contributed by atoms with van der Waals surface area (Å²) >= 11 is 0. The van der Waals surface area contributed by atoms with Crippen LogP contribution in [0, 0.1) is 0 Å². The molecule has 0 bridgehead atoms. The first-order valence-electron chi connectivity index (χ1n) is 3.55. The van der Waals surface area contributed by atoms with Crippen LogP contribution in [0.4, 0.5) is 0 Å². The van der Waals surface area contributed by atoms with Gasteiger partial charge in [-0.25, -0.2) is 4.79 Å². The molecule has 0 rings (SSSR count). The lowest BCUT2D eigenvalue weighted by Crippen LogP contribution is -2.15. The van der Waals surface area contributed by atoms with Gasteiger partial charge < -0.3 is 9.94 Å². The third-order valence-corrected chi connectivity index (χ3v) is 1.31. The Hall–Kier alpha value is -1.06. The Labute approximate surface area is 65.8 Å². The highest BCUT2D eigenvalue weighted by atomic mass is 16.5. The molecule has 0 aliphatic carbocycles. The van der Waals surface area contributed by atoms with E-state index in [1.54, 1.807) is 0 Å². The van der Waals surface area contributed by atoms with Crippen molar-refractivity contribution < 1.29 is 14.7 Å². The van der Waals surface area contributed by atoms with E-state index in [-0.39, 0.29) is 5.71 Å². The van der Waals surface area contributed by atoms with E-state index < -0.39 is 5.97 Å². The van der Waals surface area contributed by atoms with E-state index in [9.17, 15) is 4.79 Å². The maximum Gasteiger partial charge on any atom is 0.355 e. The van der Waals surface area contributed by atoms with Crippen molar-refractivity contribution in [2.45, 2.75) is 26.2 Å². The van der Waals surface area contributed by atoms with Crippen LogP contribution >= 0.6 is 0 Å². The van der Waals surface area contributed by atoms with E-state index in [2.05, 4.69) is 9.89 Å². The molecule has 0 saturated heterocycles. The molecule has 0 fully saturated rings. The Morgan fingerprint density at radius 2 is 2.27 bits per heavy atom. The molecule has 0 saturated carbocycles. The summed E-state index contributed by atoms with van der Waals surface area (Å²) in [5.74, 6) is -0.555. The topological polar surface area (TPSA) is 58.9 Å². The minimum absolute atomic E-state index is 0.0920. The van der Waals surface area contributed by atoms with Crippen molar-refractivity contribution >= 4 is 11.7 Å². The number of hydrogen-bond acceptors (Lipinski definition) is 4. The first-order valence-corrected chi connectivity index (χ1v) is 3.55. The normalized spacial score (nSPS) is 11.3. The van der Waals surface area contributed by atoms with Crippen molar-refractivity contribution in [3.8, 4) is 0 Å². The van der Waals surface area contributed by atoms with E-state index in [1.165, 1.54) is 7.11 Å². The zero-order valence-corrected chi connectivity index (χ0v) is 6.83. The first-order chi connectivity index (χ1) is 5.26. The van der Waals surface area contributed by atoms with E-state index in [4.69, 9.17) is 5.21 Å². The minimum Gasteiger partial charge on any atom is -0.464 e. The highest BCUT2D eigenvalue weighted by Gasteiger charge is 2.10. The molecule has 0 aromatic carbocycles. The molecular formula is C7H13NO3. The second-order valence-electron chi connectivity index (χ2n) is 2.14. The van der Waals surface area contributed by atoms with Crippen molar-refractivity contribution in [3.05, 3.63) is 0 Å². The number of oxime groups is 1. The molecule has 0 unspecified atom stereocenters. The Morgan fingerprint density at radius 1 is 1.64 bits per heavy atom. The van der Waals surface area contributed by atoms with Crippen LogP contribution < -0.4 is 0 Å². The number of rotatable bonds is 4. The fourth-order valence-electron chi connectivity index (χ4n) is 0.655. The summed E-state index contributed by atoms with van der Waals surface area (Å²) in [6, 6.07) is 0. The molecule has 0 aliphatic rings. The summed E-state index contributed by atoms with van der Waals surface area (Å²) in [6.07, 6.45) is 2.25. The number of ether oxygens (including phenoxy) is 1. The van der Waals surface area contributed by atoms with Gasteiger partial charge in [0.15, 0.2) is 5.71 Å². The number of unbranched alkanes of at least 4 members (excludes halogenated alkanes) is 1. The number of nitrogens with zero attached hydrogens (tertiary/aromatic N) is 1. The van der Waals surface area contributed by atoms with Crippen molar-refractivity contribution in [2.75, 3.05) is 7.11 Å². The third kappa shape index (κ3) is 3.60. The number of methoxy groups -OCH3 is 1. The van der Waals surface area contributed by atoms with Gasteiger partial charge in [0, 0.05) is 6.42 Å². The summed E-state index contributed by atoms with van der Waals surface area (Å²) in [5.41, 5.74) is 0.0920. The number of esters is 1. The smallest absolute Gasteiger partial charge is 0.355 e. The Morgan fingerprint density at radius 3 is 2.64 bits per heavy atom. The molecule has 0 aromatic rings. The van der Waals surface area contributed by atoms with Gasteiger partial charge in [-0.2, -0.15) is 0 Å². The molecule has 0 aliphatic heterocycles. The second kappa shape index (κ2) is 5.70. The Bertz CT molecular complexity index is 154. The number of carbonyl (C=O) groups excluding carboxylic acids is 1. The molecule has 4 nitrogen and oxygen atoms in total. The van der Waals surface area contributed by atoms with Gasteiger partial charge in [-0.3, -0.25) is 0 Å². The SMILES string of the molecule is CCCC/C(=N\O)C(=O)OC.